The van der Waals surface area contributed by atoms with Crippen molar-refractivity contribution in [3.05, 3.63) is 0 Å². The van der Waals surface area contributed by atoms with E-state index in [1.807, 2.05) is 6.92 Å². The zero-order valence-electron chi connectivity index (χ0n) is 12.6. The Labute approximate surface area is 132 Å². The number of carboxylic acid groups (broad SMARTS) is 1. The molecule has 6 atom stereocenters. The minimum Gasteiger partial charge on any atom is -0.616 e. The smallest absolute Gasteiger partial charge is 0.325 e. The van der Waals surface area contributed by atoms with Crippen molar-refractivity contribution in [2.75, 3.05) is 18.1 Å². The number of hydrogen-bond acceptors (Lipinski definition) is 7. The number of aliphatic hydroxyl groups is 2. The molecule has 0 aromatic rings. The molecule has 0 aliphatic carbocycles. The normalized spacial score (nSPS) is 31.7. The van der Waals surface area contributed by atoms with Crippen LogP contribution >= 0.6 is 0 Å². The number of aliphatic hydroxyl groups excluding tert-OH is 2. The largest absolute Gasteiger partial charge is 0.616 e. The van der Waals surface area contributed by atoms with Gasteiger partial charge in [-0.3, -0.25) is 4.79 Å². The maximum Gasteiger partial charge on any atom is 0.325 e. The molecule has 1 rings (SSSR count). The molecule has 1 heterocycles. The maximum atomic E-state index is 11.9. The third-order valence-corrected chi connectivity index (χ3v) is 4.81. The zero-order chi connectivity index (χ0) is 16.7. The van der Waals surface area contributed by atoms with Crippen molar-refractivity contribution >= 4 is 17.1 Å². The average molecular weight is 339 g/mol. The van der Waals surface area contributed by atoms with Gasteiger partial charge in [-0.05, 0) is 17.6 Å². The molecule has 0 radical (unpaired) electrons. The molecule has 0 aromatic carbocycles. The lowest BCUT2D eigenvalue weighted by molar-refractivity contribution is -0.262. The first-order valence-electron chi connectivity index (χ1n) is 7.31. The number of aliphatic carboxylic acids is 1. The molecular weight excluding hydrogens is 314 g/mol. The van der Waals surface area contributed by atoms with Crippen molar-refractivity contribution in [1.82, 2.24) is 0 Å². The van der Waals surface area contributed by atoms with Gasteiger partial charge in [0.25, 0.3) is 0 Å². The molecule has 0 spiro atoms. The van der Waals surface area contributed by atoms with Gasteiger partial charge in [-0.15, -0.1) is 0 Å². The Morgan fingerprint density at radius 3 is 2.82 bits per heavy atom. The van der Waals surface area contributed by atoms with Crippen LogP contribution in [0.4, 0.5) is 0 Å². The first kappa shape index (κ1) is 19.6. The number of rotatable bonds is 9. The molecule has 6 unspecified atom stereocenters. The van der Waals surface area contributed by atoms with Gasteiger partial charge >= 0.3 is 5.97 Å². The highest BCUT2D eigenvalue weighted by Gasteiger charge is 2.39. The minimum atomic E-state index is -1.50. The van der Waals surface area contributed by atoms with Crippen LogP contribution in [0.1, 0.15) is 26.2 Å². The highest BCUT2D eigenvalue weighted by molar-refractivity contribution is 7.91. The van der Waals surface area contributed by atoms with E-state index in [2.05, 4.69) is 0 Å². The summed E-state index contributed by atoms with van der Waals surface area (Å²) in [7, 11) is 0. The molecule has 1 aliphatic rings. The lowest BCUT2D eigenvalue weighted by Crippen LogP contribution is -2.51. The fourth-order valence-corrected chi connectivity index (χ4v) is 3.36. The zero-order valence-corrected chi connectivity index (χ0v) is 13.4. The predicted molar refractivity (Wildman–Crippen MR) is 79.6 cm³/mol. The van der Waals surface area contributed by atoms with E-state index < -0.39 is 47.8 Å². The van der Waals surface area contributed by atoms with Crippen LogP contribution in [-0.2, 0) is 25.4 Å². The second kappa shape index (κ2) is 9.66. The molecule has 1 saturated heterocycles. The minimum absolute atomic E-state index is 0.0401. The Hall–Kier alpha value is -0.420. The maximum absolute atomic E-state index is 11.9. The van der Waals surface area contributed by atoms with Crippen molar-refractivity contribution in [2.45, 2.75) is 56.8 Å². The van der Waals surface area contributed by atoms with Crippen LogP contribution in [0, 0.1) is 0 Å². The molecular formula is C13H25NO7S. The van der Waals surface area contributed by atoms with Gasteiger partial charge in [0.05, 0.1) is 6.10 Å². The Balaban J connectivity index is 2.47. The van der Waals surface area contributed by atoms with Gasteiger partial charge in [-0.25, -0.2) is 0 Å². The van der Waals surface area contributed by atoms with Crippen molar-refractivity contribution in [2.24, 2.45) is 5.73 Å². The molecule has 0 bridgehead atoms. The Morgan fingerprint density at radius 2 is 2.23 bits per heavy atom. The van der Waals surface area contributed by atoms with E-state index in [0.29, 0.717) is 6.61 Å². The first-order valence-corrected chi connectivity index (χ1v) is 8.80. The monoisotopic (exact) mass is 339 g/mol. The summed E-state index contributed by atoms with van der Waals surface area (Å²) in [6.45, 7) is 2.39. The number of carboxylic acids is 1. The molecule has 0 saturated carbocycles. The summed E-state index contributed by atoms with van der Waals surface area (Å²) < 4.78 is 22.8. The van der Waals surface area contributed by atoms with Crippen LogP contribution in [0.15, 0.2) is 0 Å². The summed E-state index contributed by atoms with van der Waals surface area (Å²) in [5.41, 5.74) is 5.33. The highest BCUT2D eigenvalue weighted by atomic mass is 32.2. The topological polar surface area (TPSA) is 145 Å². The molecule has 0 amide bonds. The van der Waals surface area contributed by atoms with Crippen LogP contribution in [0.25, 0.3) is 0 Å². The fourth-order valence-electron chi connectivity index (χ4n) is 2.05. The second-order valence-electron chi connectivity index (χ2n) is 5.36. The SMILES string of the molecule is CCCCOC1OC(C[S+]([O-])CC(N)C(=O)O)CC(O)C1O. The first-order chi connectivity index (χ1) is 10.3. The van der Waals surface area contributed by atoms with Crippen LogP contribution in [0.3, 0.4) is 0 Å². The quantitative estimate of drug-likeness (QED) is 0.303. The third kappa shape index (κ3) is 6.37. The van der Waals surface area contributed by atoms with Gasteiger partial charge < -0.3 is 35.1 Å². The van der Waals surface area contributed by atoms with Gasteiger partial charge in [0.1, 0.15) is 29.8 Å². The molecule has 1 fully saturated rings. The van der Waals surface area contributed by atoms with E-state index >= 15 is 0 Å². The van der Waals surface area contributed by atoms with Crippen molar-refractivity contribution in [1.29, 1.82) is 0 Å². The summed E-state index contributed by atoms with van der Waals surface area (Å²) in [5, 5.41) is 28.4. The Morgan fingerprint density at radius 1 is 1.55 bits per heavy atom. The molecule has 22 heavy (non-hydrogen) atoms. The van der Waals surface area contributed by atoms with E-state index in [0.717, 1.165) is 12.8 Å². The number of nitrogens with two attached hydrogens (primary N) is 1. The van der Waals surface area contributed by atoms with E-state index in [1.54, 1.807) is 0 Å². The Bertz CT molecular complexity index is 346. The molecule has 5 N–H and O–H groups in total. The van der Waals surface area contributed by atoms with Gasteiger partial charge in [0.2, 0.25) is 0 Å². The van der Waals surface area contributed by atoms with Gasteiger partial charge in [0.15, 0.2) is 6.29 Å². The number of unbranched alkanes of at least 4 members (excludes halogenated alkanes) is 1. The van der Waals surface area contributed by atoms with Crippen LogP contribution in [0.2, 0.25) is 0 Å². The fraction of sp³-hybridized carbons (Fsp3) is 0.923. The molecule has 1 aliphatic heterocycles. The summed E-state index contributed by atoms with van der Waals surface area (Å²) in [4.78, 5) is 10.6. The highest BCUT2D eigenvalue weighted by Crippen LogP contribution is 2.23. The lowest BCUT2D eigenvalue weighted by Gasteiger charge is -2.36. The van der Waals surface area contributed by atoms with Crippen LogP contribution in [0.5, 0.6) is 0 Å². The third-order valence-electron chi connectivity index (χ3n) is 3.34. The van der Waals surface area contributed by atoms with E-state index in [-0.39, 0.29) is 17.9 Å². The van der Waals surface area contributed by atoms with E-state index in [4.69, 9.17) is 20.3 Å². The van der Waals surface area contributed by atoms with E-state index in [9.17, 15) is 19.6 Å². The second-order valence-corrected chi connectivity index (χ2v) is 6.91. The van der Waals surface area contributed by atoms with Crippen molar-refractivity contribution < 1.29 is 34.1 Å². The predicted octanol–water partition coefficient (Wildman–Crippen LogP) is -1.20. The standard InChI is InChI=1S/C13H25NO7S/c1-2-3-4-20-13-11(16)10(15)5-8(21-13)6-22(19)7-9(14)12(17)18/h8-11,13,15-16H,2-7,14H2,1H3,(H,17,18). The molecule has 8 nitrogen and oxygen atoms in total. The summed E-state index contributed by atoms with van der Waals surface area (Å²) >= 11 is -1.50. The van der Waals surface area contributed by atoms with Gasteiger partial charge in [0, 0.05) is 13.0 Å². The number of hydrogen-bond donors (Lipinski definition) is 4. The van der Waals surface area contributed by atoms with E-state index in [1.165, 1.54) is 0 Å². The lowest BCUT2D eigenvalue weighted by atomic mass is 10.0. The molecule has 130 valence electrons. The number of ether oxygens (including phenoxy) is 2. The van der Waals surface area contributed by atoms with Crippen molar-refractivity contribution in [3.63, 3.8) is 0 Å². The summed E-state index contributed by atoms with van der Waals surface area (Å²) in [6, 6.07) is -1.20. The molecule has 9 heteroatoms. The van der Waals surface area contributed by atoms with Crippen molar-refractivity contribution in [3.8, 4) is 0 Å². The van der Waals surface area contributed by atoms with Crippen LogP contribution < -0.4 is 5.73 Å². The van der Waals surface area contributed by atoms with Crippen LogP contribution in [-0.4, -0.2) is 74.6 Å². The average Bonchev–Trinajstić information content (AvgIpc) is 2.43. The summed E-state index contributed by atoms with van der Waals surface area (Å²) in [5.74, 6) is -1.36. The summed E-state index contributed by atoms with van der Waals surface area (Å²) in [6.07, 6.45) is -1.89. The van der Waals surface area contributed by atoms with Gasteiger partial charge in [-0.2, -0.15) is 0 Å². The number of carbonyl (C=O) groups is 1. The Kier molecular flexibility index (Phi) is 8.62. The molecule has 0 aromatic heterocycles. The van der Waals surface area contributed by atoms with Gasteiger partial charge in [-0.1, -0.05) is 13.3 Å².